The Balaban J connectivity index is 2.01. The zero-order chi connectivity index (χ0) is 14.5. The predicted molar refractivity (Wildman–Crippen MR) is 78.2 cm³/mol. The van der Waals surface area contributed by atoms with Gasteiger partial charge >= 0.3 is 0 Å². The molecule has 0 atom stereocenters. The van der Waals surface area contributed by atoms with Gasteiger partial charge in [-0.1, -0.05) is 24.3 Å². The molecule has 0 radical (unpaired) electrons. The quantitative estimate of drug-likeness (QED) is 0.613. The minimum absolute atomic E-state index is 0.150. The van der Waals surface area contributed by atoms with Crippen LogP contribution in [0.4, 0.5) is 5.69 Å². The number of nitro benzene ring substituents is 1. The molecule has 4 heteroatoms. The van der Waals surface area contributed by atoms with Crippen LogP contribution in [0.3, 0.4) is 0 Å². The van der Waals surface area contributed by atoms with Gasteiger partial charge in [0.25, 0.3) is 5.69 Å². The Labute approximate surface area is 118 Å². The summed E-state index contributed by atoms with van der Waals surface area (Å²) in [6, 6.07) is 12.8. The van der Waals surface area contributed by atoms with Gasteiger partial charge in [-0.2, -0.15) is 0 Å². The molecule has 104 valence electrons. The minimum atomic E-state index is -0.355. The van der Waals surface area contributed by atoms with Gasteiger partial charge in [-0.3, -0.25) is 10.1 Å². The van der Waals surface area contributed by atoms with Crippen molar-refractivity contribution in [3.63, 3.8) is 0 Å². The molecule has 0 aromatic heterocycles. The fraction of sp³-hybridized carbons (Fsp3) is 0.250. The Morgan fingerprint density at radius 3 is 2.40 bits per heavy atom. The molecule has 0 bridgehead atoms. The molecule has 0 unspecified atom stereocenters. The lowest BCUT2D eigenvalue weighted by molar-refractivity contribution is -0.385. The molecule has 0 amide bonds. The normalized spacial score (nSPS) is 10.3. The van der Waals surface area contributed by atoms with Crippen LogP contribution in [0.5, 0.6) is 5.75 Å². The van der Waals surface area contributed by atoms with E-state index in [4.69, 9.17) is 4.74 Å². The second-order valence-corrected chi connectivity index (χ2v) is 4.81. The number of ether oxygens (including phenoxy) is 1. The smallest absolute Gasteiger partial charge is 0.272 e. The summed E-state index contributed by atoms with van der Waals surface area (Å²) in [5.74, 6) is 0.807. The maximum atomic E-state index is 10.9. The van der Waals surface area contributed by atoms with E-state index in [-0.39, 0.29) is 10.6 Å². The number of aryl methyl sites for hydroxylation is 2. The van der Waals surface area contributed by atoms with Crippen molar-refractivity contribution in [3.05, 3.63) is 69.3 Å². The molecule has 0 aliphatic heterocycles. The van der Waals surface area contributed by atoms with Crippen LogP contribution in [0.25, 0.3) is 0 Å². The summed E-state index contributed by atoms with van der Waals surface area (Å²) >= 11 is 0. The Morgan fingerprint density at radius 1 is 1.10 bits per heavy atom. The first-order valence-electron chi connectivity index (χ1n) is 6.49. The number of para-hydroxylation sites is 1. The van der Waals surface area contributed by atoms with Crippen LogP contribution < -0.4 is 4.74 Å². The van der Waals surface area contributed by atoms with Crippen molar-refractivity contribution in [2.45, 2.75) is 20.3 Å². The summed E-state index contributed by atoms with van der Waals surface area (Å²) in [5.41, 5.74) is 3.13. The van der Waals surface area contributed by atoms with E-state index in [1.165, 1.54) is 6.07 Å². The SMILES string of the molecule is Cc1cc(C)cc(OCCc2ccccc2[N+](=O)[O-])c1. The summed E-state index contributed by atoms with van der Waals surface area (Å²) in [5, 5.41) is 10.9. The lowest BCUT2D eigenvalue weighted by Crippen LogP contribution is -2.04. The maximum Gasteiger partial charge on any atom is 0.272 e. The van der Waals surface area contributed by atoms with Gasteiger partial charge < -0.3 is 4.74 Å². The van der Waals surface area contributed by atoms with E-state index in [0.29, 0.717) is 18.6 Å². The Morgan fingerprint density at radius 2 is 1.75 bits per heavy atom. The molecule has 0 spiro atoms. The number of benzene rings is 2. The van der Waals surface area contributed by atoms with Gasteiger partial charge in [0.1, 0.15) is 5.75 Å². The first kappa shape index (κ1) is 14.1. The van der Waals surface area contributed by atoms with E-state index in [0.717, 1.165) is 16.9 Å². The van der Waals surface area contributed by atoms with Crippen LogP contribution in [-0.2, 0) is 6.42 Å². The van der Waals surface area contributed by atoms with Crippen LogP contribution in [-0.4, -0.2) is 11.5 Å². The van der Waals surface area contributed by atoms with Gasteiger partial charge in [0.15, 0.2) is 0 Å². The van der Waals surface area contributed by atoms with E-state index in [1.54, 1.807) is 18.2 Å². The highest BCUT2D eigenvalue weighted by molar-refractivity contribution is 5.40. The first-order chi connectivity index (χ1) is 9.56. The average Bonchev–Trinajstić information content (AvgIpc) is 2.38. The molecule has 0 saturated carbocycles. The number of nitro groups is 1. The molecule has 2 aromatic carbocycles. The van der Waals surface area contributed by atoms with Gasteiger partial charge in [-0.15, -0.1) is 0 Å². The minimum Gasteiger partial charge on any atom is -0.493 e. The molecule has 0 aliphatic rings. The van der Waals surface area contributed by atoms with E-state index in [2.05, 4.69) is 6.07 Å². The third kappa shape index (κ3) is 3.57. The Hall–Kier alpha value is -2.36. The number of rotatable bonds is 5. The van der Waals surface area contributed by atoms with E-state index in [1.807, 2.05) is 26.0 Å². The Bertz CT molecular complexity index is 603. The molecular formula is C16H17NO3. The maximum absolute atomic E-state index is 10.9. The third-order valence-corrected chi connectivity index (χ3v) is 3.02. The van der Waals surface area contributed by atoms with Crippen molar-refractivity contribution in [1.82, 2.24) is 0 Å². The number of hydrogen-bond donors (Lipinski definition) is 0. The standard InChI is InChI=1S/C16H17NO3/c1-12-9-13(2)11-15(10-12)20-8-7-14-5-3-4-6-16(14)17(18)19/h3-6,9-11H,7-8H2,1-2H3. The van der Waals surface area contributed by atoms with Gasteiger partial charge in [0.05, 0.1) is 11.5 Å². The molecule has 0 fully saturated rings. The summed E-state index contributed by atoms with van der Waals surface area (Å²) in [6.07, 6.45) is 0.518. The first-order valence-corrected chi connectivity index (χ1v) is 6.49. The van der Waals surface area contributed by atoms with Crippen molar-refractivity contribution in [2.24, 2.45) is 0 Å². The number of nitrogens with zero attached hydrogens (tertiary/aromatic N) is 1. The summed E-state index contributed by atoms with van der Waals surface area (Å²) in [6.45, 7) is 4.46. The van der Waals surface area contributed by atoms with Gasteiger partial charge in [0.2, 0.25) is 0 Å². The van der Waals surface area contributed by atoms with Crippen molar-refractivity contribution in [1.29, 1.82) is 0 Å². The monoisotopic (exact) mass is 271 g/mol. The van der Waals surface area contributed by atoms with Crippen molar-refractivity contribution in [3.8, 4) is 5.75 Å². The molecule has 0 aliphatic carbocycles. The topological polar surface area (TPSA) is 52.4 Å². The van der Waals surface area contributed by atoms with Crippen LogP contribution in [0.15, 0.2) is 42.5 Å². The van der Waals surface area contributed by atoms with Crippen LogP contribution in [0.1, 0.15) is 16.7 Å². The largest absolute Gasteiger partial charge is 0.493 e. The highest BCUT2D eigenvalue weighted by Gasteiger charge is 2.11. The summed E-state index contributed by atoms with van der Waals surface area (Å²) in [4.78, 5) is 10.6. The van der Waals surface area contributed by atoms with Crippen LogP contribution >= 0.6 is 0 Å². The second kappa shape index (κ2) is 6.19. The zero-order valence-electron chi connectivity index (χ0n) is 11.6. The molecule has 20 heavy (non-hydrogen) atoms. The fourth-order valence-corrected chi connectivity index (χ4v) is 2.20. The molecule has 0 N–H and O–H groups in total. The third-order valence-electron chi connectivity index (χ3n) is 3.02. The molecule has 2 aromatic rings. The Kier molecular flexibility index (Phi) is 4.35. The fourth-order valence-electron chi connectivity index (χ4n) is 2.20. The predicted octanol–water partition coefficient (Wildman–Crippen LogP) is 3.83. The summed E-state index contributed by atoms with van der Waals surface area (Å²) < 4.78 is 5.68. The molecule has 0 saturated heterocycles. The van der Waals surface area contributed by atoms with Crippen LogP contribution in [0, 0.1) is 24.0 Å². The number of hydrogen-bond acceptors (Lipinski definition) is 3. The average molecular weight is 271 g/mol. The molecule has 4 nitrogen and oxygen atoms in total. The van der Waals surface area contributed by atoms with E-state index < -0.39 is 0 Å². The second-order valence-electron chi connectivity index (χ2n) is 4.81. The zero-order valence-corrected chi connectivity index (χ0v) is 11.6. The van der Waals surface area contributed by atoms with Crippen molar-refractivity contribution in [2.75, 3.05) is 6.61 Å². The van der Waals surface area contributed by atoms with Crippen molar-refractivity contribution < 1.29 is 9.66 Å². The van der Waals surface area contributed by atoms with E-state index >= 15 is 0 Å². The highest BCUT2D eigenvalue weighted by Crippen LogP contribution is 2.20. The highest BCUT2D eigenvalue weighted by atomic mass is 16.6. The molecule has 2 rings (SSSR count). The van der Waals surface area contributed by atoms with Gasteiger partial charge in [-0.05, 0) is 37.1 Å². The molecule has 0 heterocycles. The molecular weight excluding hydrogens is 254 g/mol. The van der Waals surface area contributed by atoms with Gasteiger partial charge in [-0.25, -0.2) is 0 Å². The van der Waals surface area contributed by atoms with Crippen molar-refractivity contribution >= 4 is 5.69 Å². The lowest BCUT2D eigenvalue weighted by Gasteiger charge is -2.08. The van der Waals surface area contributed by atoms with E-state index in [9.17, 15) is 10.1 Å². The van der Waals surface area contributed by atoms with Crippen LogP contribution in [0.2, 0.25) is 0 Å². The summed E-state index contributed by atoms with van der Waals surface area (Å²) in [7, 11) is 0. The van der Waals surface area contributed by atoms with Gasteiger partial charge in [0, 0.05) is 18.1 Å². The lowest BCUT2D eigenvalue weighted by atomic mass is 10.1.